The lowest BCUT2D eigenvalue weighted by atomic mass is 9.83. The van der Waals surface area contributed by atoms with Gasteiger partial charge in [-0.05, 0) is 41.5 Å². The van der Waals surface area contributed by atoms with Gasteiger partial charge >= 0.3 is 5.97 Å². The van der Waals surface area contributed by atoms with Crippen molar-refractivity contribution in [3.05, 3.63) is 40.8 Å². The molecule has 4 heteroatoms. The van der Waals surface area contributed by atoms with Gasteiger partial charge in [0.25, 0.3) is 0 Å². The molecule has 1 unspecified atom stereocenters. The monoisotopic (exact) mass is 273 g/mol. The largest absolute Gasteiger partial charge is 0.478 e. The molecule has 1 aliphatic carbocycles. The second-order valence-corrected chi connectivity index (χ2v) is 6.20. The van der Waals surface area contributed by atoms with Gasteiger partial charge in [0.15, 0.2) is 0 Å². The van der Waals surface area contributed by atoms with Crippen molar-refractivity contribution in [2.24, 2.45) is 0 Å². The van der Waals surface area contributed by atoms with E-state index in [4.69, 9.17) is 0 Å². The average molecular weight is 273 g/mol. The average Bonchev–Trinajstić information content (AvgIpc) is 2.57. The van der Waals surface area contributed by atoms with Gasteiger partial charge in [-0.25, -0.2) is 9.18 Å². The summed E-state index contributed by atoms with van der Waals surface area (Å²) in [6.45, 7) is 6.10. The molecule has 1 aromatic heterocycles. The van der Waals surface area contributed by atoms with Crippen molar-refractivity contribution in [3.63, 3.8) is 0 Å². The summed E-state index contributed by atoms with van der Waals surface area (Å²) < 4.78 is 13.5. The number of hydrogen-bond acceptors (Lipinski definition) is 2. The molecule has 3 nitrogen and oxygen atoms in total. The zero-order valence-corrected chi connectivity index (χ0v) is 11.7. The number of halogens is 1. The highest BCUT2D eigenvalue weighted by Crippen LogP contribution is 2.47. The smallest absolute Gasteiger partial charge is 0.336 e. The van der Waals surface area contributed by atoms with E-state index < -0.39 is 11.8 Å². The minimum atomic E-state index is -1.01. The molecule has 0 aliphatic heterocycles. The molecule has 1 aromatic carbocycles. The Kier molecular flexibility index (Phi) is 2.61. The Bertz CT molecular complexity index is 737. The summed E-state index contributed by atoms with van der Waals surface area (Å²) in [4.78, 5) is 16.3. The first-order chi connectivity index (χ1) is 9.31. The van der Waals surface area contributed by atoms with Gasteiger partial charge in [0.05, 0.1) is 11.1 Å². The van der Waals surface area contributed by atoms with Gasteiger partial charge in [-0.1, -0.05) is 20.8 Å². The van der Waals surface area contributed by atoms with Gasteiger partial charge < -0.3 is 5.11 Å². The lowest BCUT2D eigenvalue weighted by Gasteiger charge is -2.21. The Hall–Kier alpha value is -1.97. The number of fused-ring (bicyclic) bond motifs is 2. The number of aromatic nitrogens is 1. The summed E-state index contributed by atoms with van der Waals surface area (Å²) in [5.74, 6) is -1.24. The molecule has 2 aromatic rings. The van der Waals surface area contributed by atoms with Crippen LogP contribution in [-0.2, 0) is 5.41 Å². The Labute approximate surface area is 116 Å². The highest BCUT2D eigenvalue weighted by Gasteiger charge is 2.40. The van der Waals surface area contributed by atoms with Crippen LogP contribution in [0.3, 0.4) is 0 Å². The van der Waals surface area contributed by atoms with Gasteiger partial charge in [-0.3, -0.25) is 4.98 Å². The van der Waals surface area contributed by atoms with Crippen LogP contribution in [0.2, 0.25) is 0 Å². The second-order valence-electron chi connectivity index (χ2n) is 6.20. The number of nitrogens with zero attached hydrogens (tertiary/aromatic N) is 1. The number of rotatable bonds is 1. The zero-order chi connectivity index (χ0) is 14.7. The SMILES string of the molecule is CC1CC(C)(C)c2c1nc1ccc(F)cc1c2C(=O)O. The lowest BCUT2D eigenvalue weighted by Crippen LogP contribution is -2.18. The summed E-state index contributed by atoms with van der Waals surface area (Å²) >= 11 is 0. The molecular formula is C16H16FNO2. The van der Waals surface area contributed by atoms with Gasteiger partial charge in [0.1, 0.15) is 5.82 Å². The van der Waals surface area contributed by atoms with Crippen molar-refractivity contribution in [2.45, 2.75) is 38.5 Å². The molecule has 0 bridgehead atoms. The fourth-order valence-electron chi connectivity index (χ4n) is 3.48. The molecule has 0 saturated heterocycles. The van der Waals surface area contributed by atoms with E-state index in [1.54, 1.807) is 6.07 Å². The van der Waals surface area contributed by atoms with E-state index in [0.717, 1.165) is 17.7 Å². The van der Waals surface area contributed by atoms with Crippen molar-refractivity contribution in [1.82, 2.24) is 4.98 Å². The third-order valence-corrected chi connectivity index (χ3v) is 4.15. The summed E-state index contributed by atoms with van der Waals surface area (Å²) in [6, 6.07) is 4.14. The van der Waals surface area contributed by atoms with E-state index in [9.17, 15) is 14.3 Å². The standard InChI is InChI=1S/C16H16FNO2/c1-8-7-16(2,3)13-12(15(19)20)10-6-9(17)4-5-11(10)18-14(8)13/h4-6,8H,7H2,1-3H3,(H,19,20). The van der Waals surface area contributed by atoms with Crippen molar-refractivity contribution in [3.8, 4) is 0 Å². The maximum Gasteiger partial charge on any atom is 0.336 e. The number of aromatic carboxylic acids is 1. The predicted octanol–water partition coefficient (Wildman–Crippen LogP) is 3.86. The topological polar surface area (TPSA) is 50.2 Å². The van der Waals surface area contributed by atoms with Gasteiger partial charge in [-0.15, -0.1) is 0 Å². The lowest BCUT2D eigenvalue weighted by molar-refractivity contribution is 0.0696. The molecular weight excluding hydrogens is 257 g/mol. The number of carbonyl (C=O) groups is 1. The van der Waals surface area contributed by atoms with Crippen molar-refractivity contribution >= 4 is 16.9 Å². The molecule has 0 fully saturated rings. The Balaban J connectivity index is 2.50. The fraction of sp³-hybridized carbons (Fsp3) is 0.375. The van der Waals surface area contributed by atoms with E-state index >= 15 is 0 Å². The maximum absolute atomic E-state index is 13.5. The minimum absolute atomic E-state index is 0.207. The van der Waals surface area contributed by atoms with Crippen LogP contribution in [0.1, 0.15) is 54.7 Å². The van der Waals surface area contributed by atoms with Crippen LogP contribution in [0.25, 0.3) is 10.9 Å². The van der Waals surface area contributed by atoms with Crippen molar-refractivity contribution in [2.75, 3.05) is 0 Å². The van der Waals surface area contributed by atoms with Gasteiger partial charge in [-0.2, -0.15) is 0 Å². The molecule has 3 rings (SSSR count). The van der Waals surface area contributed by atoms with Crippen LogP contribution in [0.4, 0.5) is 4.39 Å². The van der Waals surface area contributed by atoms with Crippen LogP contribution in [0, 0.1) is 5.82 Å². The summed E-state index contributed by atoms with van der Waals surface area (Å²) in [5.41, 5.74) is 2.10. The van der Waals surface area contributed by atoms with Crippen LogP contribution in [0.15, 0.2) is 18.2 Å². The van der Waals surface area contributed by atoms with E-state index in [1.165, 1.54) is 12.1 Å². The third kappa shape index (κ3) is 1.71. The Morgan fingerprint density at radius 2 is 2.15 bits per heavy atom. The maximum atomic E-state index is 13.5. The van der Waals surface area contributed by atoms with Crippen LogP contribution >= 0.6 is 0 Å². The van der Waals surface area contributed by atoms with Crippen LogP contribution in [-0.4, -0.2) is 16.1 Å². The number of carboxylic acid groups (broad SMARTS) is 1. The van der Waals surface area contributed by atoms with E-state index in [0.29, 0.717) is 10.9 Å². The van der Waals surface area contributed by atoms with Gasteiger partial charge in [0.2, 0.25) is 0 Å². The quantitative estimate of drug-likeness (QED) is 0.858. The summed E-state index contributed by atoms with van der Waals surface area (Å²) in [7, 11) is 0. The Morgan fingerprint density at radius 1 is 1.45 bits per heavy atom. The molecule has 0 saturated carbocycles. The summed E-state index contributed by atoms with van der Waals surface area (Å²) in [5, 5.41) is 9.99. The number of benzene rings is 1. The number of carboxylic acids is 1. The van der Waals surface area contributed by atoms with Gasteiger partial charge in [0, 0.05) is 11.1 Å². The van der Waals surface area contributed by atoms with Crippen LogP contribution in [0.5, 0.6) is 0 Å². The minimum Gasteiger partial charge on any atom is -0.478 e. The molecule has 104 valence electrons. The molecule has 0 spiro atoms. The molecule has 1 aliphatic rings. The highest BCUT2D eigenvalue weighted by molar-refractivity contribution is 6.04. The first-order valence-corrected chi connectivity index (χ1v) is 6.68. The normalized spacial score (nSPS) is 20.1. The van der Waals surface area contributed by atoms with Crippen LogP contribution < -0.4 is 0 Å². The molecule has 1 atom stereocenters. The number of hydrogen-bond donors (Lipinski definition) is 1. The first-order valence-electron chi connectivity index (χ1n) is 6.68. The molecule has 1 N–H and O–H groups in total. The molecule has 20 heavy (non-hydrogen) atoms. The van der Waals surface area contributed by atoms with E-state index in [-0.39, 0.29) is 16.9 Å². The number of pyridine rings is 1. The summed E-state index contributed by atoms with van der Waals surface area (Å²) in [6.07, 6.45) is 0.856. The molecule has 0 amide bonds. The van der Waals surface area contributed by atoms with Crippen molar-refractivity contribution in [1.29, 1.82) is 0 Å². The van der Waals surface area contributed by atoms with Crippen molar-refractivity contribution < 1.29 is 14.3 Å². The predicted molar refractivity (Wildman–Crippen MR) is 74.7 cm³/mol. The highest BCUT2D eigenvalue weighted by atomic mass is 19.1. The Morgan fingerprint density at radius 3 is 2.80 bits per heavy atom. The molecule has 0 radical (unpaired) electrons. The third-order valence-electron chi connectivity index (χ3n) is 4.15. The first kappa shape index (κ1) is 13.0. The second kappa shape index (κ2) is 4.01. The molecule has 1 heterocycles. The van der Waals surface area contributed by atoms with E-state index in [1.807, 2.05) is 13.8 Å². The fourth-order valence-corrected chi connectivity index (χ4v) is 3.48. The van der Waals surface area contributed by atoms with E-state index in [2.05, 4.69) is 11.9 Å². The zero-order valence-electron chi connectivity index (χ0n) is 11.7.